The first kappa shape index (κ1) is 14.8. The lowest BCUT2D eigenvalue weighted by Crippen LogP contribution is -2.24. The number of benzene rings is 1. The molecule has 0 radical (unpaired) electrons. The molecule has 20 heavy (non-hydrogen) atoms. The molecule has 0 fully saturated rings. The molecule has 0 aliphatic carbocycles. The second-order valence-electron chi connectivity index (χ2n) is 4.50. The Balaban J connectivity index is 1.73. The lowest BCUT2D eigenvalue weighted by molar-refractivity contribution is 0.212. The Morgan fingerprint density at radius 2 is 2.25 bits per heavy atom. The lowest BCUT2D eigenvalue weighted by atomic mass is 10.3. The van der Waals surface area contributed by atoms with Gasteiger partial charge in [-0.2, -0.15) is 4.98 Å². The van der Waals surface area contributed by atoms with E-state index in [9.17, 15) is 0 Å². The first-order valence-corrected chi connectivity index (χ1v) is 6.93. The minimum atomic E-state index is 0.575. The summed E-state index contributed by atoms with van der Waals surface area (Å²) >= 11 is 5.89. The van der Waals surface area contributed by atoms with Gasteiger partial charge in [0, 0.05) is 18.0 Å². The van der Waals surface area contributed by atoms with Gasteiger partial charge in [0.25, 0.3) is 0 Å². The van der Waals surface area contributed by atoms with E-state index in [4.69, 9.17) is 20.9 Å². The summed E-state index contributed by atoms with van der Waals surface area (Å²) in [7, 11) is 1.98. The molecule has 0 unspecified atom stereocenters. The van der Waals surface area contributed by atoms with Crippen LogP contribution in [-0.4, -0.2) is 35.2 Å². The smallest absolute Gasteiger partial charge is 0.240 e. The van der Waals surface area contributed by atoms with Crippen molar-refractivity contribution in [2.75, 3.05) is 20.2 Å². The molecule has 0 N–H and O–H groups in total. The zero-order valence-corrected chi connectivity index (χ0v) is 12.4. The maximum absolute atomic E-state index is 5.89. The normalized spacial score (nSPS) is 11.0. The summed E-state index contributed by atoms with van der Waals surface area (Å²) in [4.78, 5) is 6.34. The topological polar surface area (TPSA) is 51.4 Å². The van der Waals surface area contributed by atoms with Crippen molar-refractivity contribution < 1.29 is 9.26 Å². The van der Waals surface area contributed by atoms with Crippen LogP contribution in [-0.2, 0) is 13.0 Å². The molecule has 0 saturated heterocycles. The van der Waals surface area contributed by atoms with Crippen molar-refractivity contribution in [3.8, 4) is 5.75 Å². The first-order valence-electron chi connectivity index (χ1n) is 6.55. The predicted molar refractivity (Wildman–Crippen MR) is 77.0 cm³/mol. The summed E-state index contributed by atoms with van der Waals surface area (Å²) in [5, 5.41) is 4.54. The fraction of sp³-hybridized carbons (Fsp3) is 0.429. The van der Waals surface area contributed by atoms with E-state index < -0.39 is 0 Å². The van der Waals surface area contributed by atoms with Crippen molar-refractivity contribution in [2.45, 2.75) is 19.9 Å². The second-order valence-corrected chi connectivity index (χ2v) is 4.94. The Hall–Kier alpha value is -1.59. The summed E-state index contributed by atoms with van der Waals surface area (Å²) in [6.45, 7) is 3.95. The molecule has 108 valence electrons. The SMILES string of the molecule is CCc1noc(CN(C)CCOc2cccc(Cl)c2)n1. The van der Waals surface area contributed by atoms with Crippen LogP contribution in [0.2, 0.25) is 5.02 Å². The third-order valence-corrected chi connectivity index (χ3v) is 3.00. The number of aromatic nitrogens is 2. The van der Waals surface area contributed by atoms with Gasteiger partial charge in [-0.25, -0.2) is 0 Å². The summed E-state index contributed by atoms with van der Waals surface area (Å²) in [5.41, 5.74) is 0. The van der Waals surface area contributed by atoms with Gasteiger partial charge in [-0.05, 0) is 25.2 Å². The average molecular weight is 296 g/mol. The molecule has 5 nitrogen and oxygen atoms in total. The van der Waals surface area contributed by atoms with E-state index >= 15 is 0 Å². The summed E-state index contributed by atoms with van der Waals surface area (Å²) in [6, 6.07) is 7.37. The van der Waals surface area contributed by atoms with E-state index in [2.05, 4.69) is 15.0 Å². The van der Waals surface area contributed by atoms with Crippen LogP contribution in [0, 0.1) is 0 Å². The Labute approximate surface area is 123 Å². The maximum atomic E-state index is 5.89. The van der Waals surface area contributed by atoms with Gasteiger partial charge in [0.1, 0.15) is 12.4 Å². The van der Waals surface area contributed by atoms with Gasteiger partial charge in [-0.15, -0.1) is 0 Å². The zero-order valence-electron chi connectivity index (χ0n) is 11.7. The highest BCUT2D eigenvalue weighted by Gasteiger charge is 2.08. The van der Waals surface area contributed by atoms with E-state index in [-0.39, 0.29) is 0 Å². The van der Waals surface area contributed by atoms with E-state index in [0.29, 0.717) is 24.1 Å². The Bertz CT molecular complexity index is 545. The van der Waals surface area contributed by atoms with Crippen LogP contribution in [0.15, 0.2) is 28.8 Å². The van der Waals surface area contributed by atoms with Crippen LogP contribution >= 0.6 is 11.6 Å². The Kier molecular flexibility index (Phi) is 5.38. The van der Waals surface area contributed by atoms with Gasteiger partial charge in [0.15, 0.2) is 5.82 Å². The van der Waals surface area contributed by atoms with Crippen LogP contribution in [0.25, 0.3) is 0 Å². The first-order chi connectivity index (χ1) is 9.67. The van der Waals surface area contributed by atoms with E-state index in [1.807, 2.05) is 32.2 Å². The predicted octanol–water partition coefficient (Wildman–Crippen LogP) is 2.80. The standard InChI is InChI=1S/C14H18ClN3O2/c1-3-13-16-14(20-17-13)10-18(2)7-8-19-12-6-4-5-11(15)9-12/h4-6,9H,3,7-8,10H2,1-2H3. The number of hydrogen-bond acceptors (Lipinski definition) is 5. The van der Waals surface area contributed by atoms with Gasteiger partial charge in [-0.1, -0.05) is 29.7 Å². The number of nitrogens with zero attached hydrogens (tertiary/aromatic N) is 3. The zero-order chi connectivity index (χ0) is 14.4. The molecule has 0 spiro atoms. The number of rotatable bonds is 7. The van der Waals surface area contributed by atoms with Crippen molar-refractivity contribution >= 4 is 11.6 Å². The van der Waals surface area contributed by atoms with Gasteiger partial charge >= 0.3 is 0 Å². The quantitative estimate of drug-likeness (QED) is 0.786. The van der Waals surface area contributed by atoms with Gasteiger partial charge < -0.3 is 9.26 Å². The molecule has 6 heteroatoms. The van der Waals surface area contributed by atoms with Crippen LogP contribution in [0.3, 0.4) is 0 Å². The number of ether oxygens (including phenoxy) is 1. The maximum Gasteiger partial charge on any atom is 0.240 e. The molecule has 2 aromatic rings. The van der Waals surface area contributed by atoms with Crippen molar-refractivity contribution in [1.29, 1.82) is 0 Å². The van der Waals surface area contributed by atoms with Gasteiger partial charge in [0.2, 0.25) is 5.89 Å². The highest BCUT2D eigenvalue weighted by Crippen LogP contribution is 2.16. The molecule has 0 amide bonds. The Morgan fingerprint density at radius 3 is 2.95 bits per heavy atom. The van der Waals surface area contributed by atoms with Gasteiger partial charge in [0.05, 0.1) is 6.54 Å². The molecule has 1 heterocycles. The minimum Gasteiger partial charge on any atom is -0.492 e. The molecule has 1 aromatic heterocycles. The van der Waals surface area contributed by atoms with Crippen LogP contribution in [0.5, 0.6) is 5.75 Å². The number of hydrogen-bond donors (Lipinski definition) is 0. The molecular formula is C14H18ClN3O2. The fourth-order valence-electron chi connectivity index (χ4n) is 1.68. The third-order valence-electron chi connectivity index (χ3n) is 2.77. The molecular weight excluding hydrogens is 278 g/mol. The molecule has 0 atom stereocenters. The number of aryl methyl sites for hydroxylation is 1. The summed E-state index contributed by atoms with van der Waals surface area (Å²) in [6.07, 6.45) is 0.783. The van der Waals surface area contributed by atoms with E-state index in [0.717, 1.165) is 24.5 Å². The summed E-state index contributed by atoms with van der Waals surface area (Å²) in [5.74, 6) is 2.15. The third kappa shape index (κ3) is 4.51. The molecule has 0 bridgehead atoms. The largest absolute Gasteiger partial charge is 0.492 e. The van der Waals surface area contributed by atoms with E-state index in [1.165, 1.54) is 0 Å². The second kappa shape index (κ2) is 7.26. The number of halogens is 1. The average Bonchev–Trinajstić information content (AvgIpc) is 2.86. The van der Waals surface area contributed by atoms with Crippen molar-refractivity contribution in [3.05, 3.63) is 41.0 Å². The van der Waals surface area contributed by atoms with Crippen LogP contribution in [0.1, 0.15) is 18.6 Å². The molecule has 0 aliphatic rings. The fourth-order valence-corrected chi connectivity index (χ4v) is 1.86. The monoisotopic (exact) mass is 295 g/mol. The molecule has 2 rings (SSSR count). The van der Waals surface area contributed by atoms with Crippen molar-refractivity contribution in [1.82, 2.24) is 15.0 Å². The number of likely N-dealkylation sites (N-methyl/N-ethyl adjacent to an activating group) is 1. The molecule has 1 aromatic carbocycles. The summed E-state index contributed by atoms with van der Waals surface area (Å²) < 4.78 is 10.8. The van der Waals surface area contributed by atoms with Crippen LogP contribution < -0.4 is 4.74 Å². The van der Waals surface area contributed by atoms with E-state index in [1.54, 1.807) is 6.07 Å². The Morgan fingerprint density at radius 1 is 1.40 bits per heavy atom. The minimum absolute atomic E-state index is 0.575. The van der Waals surface area contributed by atoms with Gasteiger partial charge in [-0.3, -0.25) is 4.90 Å². The highest BCUT2D eigenvalue weighted by atomic mass is 35.5. The molecule has 0 aliphatic heterocycles. The lowest BCUT2D eigenvalue weighted by Gasteiger charge is -2.14. The molecule has 0 saturated carbocycles. The van der Waals surface area contributed by atoms with Crippen molar-refractivity contribution in [3.63, 3.8) is 0 Å². The van der Waals surface area contributed by atoms with Crippen molar-refractivity contribution in [2.24, 2.45) is 0 Å². The van der Waals surface area contributed by atoms with Crippen LogP contribution in [0.4, 0.5) is 0 Å². The highest BCUT2D eigenvalue weighted by molar-refractivity contribution is 6.30.